The maximum Gasteiger partial charge on any atom is 0.267 e. The van der Waals surface area contributed by atoms with Gasteiger partial charge >= 0.3 is 0 Å². The van der Waals surface area contributed by atoms with Crippen molar-refractivity contribution < 1.29 is 9.53 Å². The summed E-state index contributed by atoms with van der Waals surface area (Å²) in [4.78, 5) is 30.4. The second-order valence-electron chi connectivity index (χ2n) is 7.30. The number of fused-ring (bicyclic) bond motifs is 2. The third-order valence-electron chi connectivity index (χ3n) is 4.61. The molecule has 0 unspecified atom stereocenters. The molecule has 0 spiro atoms. The Hall–Kier alpha value is -3.00. The molecule has 3 heterocycles. The number of carbonyl (C=O) groups is 1. The van der Waals surface area contributed by atoms with Gasteiger partial charge in [0.2, 0.25) is 0 Å². The molecule has 0 aliphatic rings. The van der Waals surface area contributed by atoms with Gasteiger partial charge in [-0.3, -0.25) is 19.4 Å². The van der Waals surface area contributed by atoms with Crippen LogP contribution in [-0.2, 0) is 11.3 Å². The molecule has 0 aromatic carbocycles. The number of aryl methyl sites for hydroxylation is 1. The van der Waals surface area contributed by atoms with Crippen molar-refractivity contribution in [2.45, 2.75) is 33.7 Å². The van der Waals surface area contributed by atoms with Crippen LogP contribution < -0.4 is 16.4 Å². The van der Waals surface area contributed by atoms with Crippen molar-refractivity contribution in [1.82, 2.24) is 19.3 Å². The van der Waals surface area contributed by atoms with Crippen LogP contribution in [0.5, 0.6) is 0 Å². The van der Waals surface area contributed by atoms with Gasteiger partial charge in [0.1, 0.15) is 16.8 Å². The van der Waals surface area contributed by atoms with Gasteiger partial charge < -0.3 is 14.6 Å². The maximum absolute atomic E-state index is 13.1. The lowest BCUT2D eigenvalue weighted by atomic mass is 10.1. The van der Waals surface area contributed by atoms with Gasteiger partial charge in [-0.05, 0) is 37.5 Å². The Morgan fingerprint density at radius 1 is 1.34 bits per heavy atom. The van der Waals surface area contributed by atoms with Crippen LogP contribution >= 0.6 is 0 Å². The quantitative estimate of drug-likeness (QED) is 0.448. The number of nitrogens with zero attached hydrogens (tertiary/aromatic N) is 3. The molecule has 0 saturated carbocycles. The largest absolute Gasteiger partial charge is 0.382 e. The zero-order valence-electron chi connectivity index (χ0n) is 17.1. The van der Waals surface area contributed by atoms with E-state index in [1.54, 1.807) is 22.9 Å². The normalized spacial score (nSPS) is 11.4. The van der Waals surface area contributed by atoms with E-state index in [0.29, 0.717) is 49.4 Å². The van der Waals surface area contributed by atoms with Crippen LogP contribution in [0.25, 0.3) is 16.7 Å². The van der Waals surface area contributed by atoms with Crippen molar-refractivity contribution in [3.8, 4) is 0 Å². The van der Waals surface area contributed by atoms with Crippen molar-refractivity contribution >= 4 is 22.6 Å². The van der Waals surface area contributed by atoms with Gasteiger partial charge in [-0.15, -0.1) is 0 Å². The van der Waals surface area contributed by atoms with Gasteiger partial charge in [0.05, 0.1) is 10.9 Å². The molecule has 8 heteroatoms. The Bertz CT molecular complexity index is 1150. The molecule has 1 amide bonds. The number of aromatic nitrogens is 3. The molecular formula is C21H27N5O3. The Morgan fingerprint density at radius 3 is 2.86 bits per heavy atom. The minimum atomic E-state index is -0.360. The van der Waals surface area contributed by atoms with E-state index < -0.39 is 0 Å². The van der Waals surface area contributed by atoms with Crippen LogP contribution in [0.1, 0.15) is 37.6 Å². The number of carbonyl (C=O) groups excluding carboxylic acids is 1. The first-order valence-corrected chi connectivity index (χ1v) is 9.89. The van der Waals surface area contributed by atoms with Crippen LogP contribution in [0.2, 0.25) is 0 Å². The third kappa shape index (κ3) is 4.37. The van der Waals surface area contributed by atoms with Gasteiger partial charge in [-0.1, -0.05) is 19.9 Å². The number of pyridine rings is 2. The lowest BCUT2D eigenvalue weighted by Crippen LogP contribution is -2.36. The van der Waals surface area contributed by atoms with E-state index in [1.807, 2.05) is 26.8 Å². The lowest BCUT2D eigenvalue weighted by Gasteiger charge is -2.15. The van der Waals surface area contributed by atoms with Crippen LogP contribution in [0, 0.1) is 11.3 Å². The fraction of sp³-hybridized carbons (Fsp3) is 0.429. The van der Waals surface area contributed by atoms with Crippen molar-refractivity contribution in [2.75, 3.05) is 19.8 Å². The van der Waals surface area contributed by atoms with E-state index in [0.717, 1.165) is 0 Å². The molecule has 0 fully saturated rings. The Labute approximate surface area is 168 Å². The van der Waals surface area contributed by atoms with Crippen LogP contribution in [-0.4, -0.2) is 39.6 Å². The molecule has 8 nitrogen and oxygen atoms in total. The van der Waals surface area contributed by atoms with E-state index >= 15 is 0 Å². The first-order valence-electron chi connectivity index (χ1n) is 9.89. The van der Waals surface area contributed by atoms with Crippen molar-refractivity contribution in [1.29, 1.82) is 5.41 Å². The van der Waals surface area contributed by atoms with Crippen molar-refractivity contribution in [2.24, 2.45) is 5.92 Å². The predicted octanol–water partition coefficient (Wildman–Crippen LogP) is 1.94. The average Bonchev–Trinajstić information content (AvgIpc) is 2.71. The van der Waals surface area contributed by atoms with Crippen LogP contribution in [0.15, 0.2) is 35.3 Å². The fourth-order valence-corrected chi connectivity index (χ4v) is 3.14. The van der Waals surface area contributed by atoms with Gasteiger partial charge in [-0.2, -0.15) is 0 Å². The van der Waals surface area contributed by atoms with E-state index in [1.165, 1.54) is 10.5 Å². The second kappa shape index (κ2) is 9.00. The number of hydrogen-bond donors (Lipinski definition) is 2. The molecule has 0 aliphatic carbocycles. The first-order chi connectivity index (χ1) is 13.9. The highest BCUT2D eigenvalue weighted by atomic mass is 16.5. The molecular weight excluding hydrogens is 370 g/mol. The van der Waals surface area contributed by atoms with Gasteiger partial charge in [0.15, 0.2) is 0 Å². The number of rotatable bonds is 8. The zero-order chi connectivity index (χ0) is 21.0. The number of amides is 1. The minimum Gasteiger partial charge on any atom is -0.382 e. The van der Waals surface area contributed by atoms with E-state index in [9.17, 15) is 9.59 Å². The van der Waals surface area contributed by atoms with E-state index in [-0.39, 0.29) is 28.4 Å². The molecule has 2 N–H and O–H groups in total. The molecule has 3 aromatic heterocycles. The smallest absolute Gasteiger partial charge is 0.267 e. The van der Waals surface area contributed by atoms with Crippen LogP contribution in [0.4, 0.5) is 0 Å². The molecule has 3 aromatic rings. The summed E-state index contributed by atoms with van der Waals surface area (Å²) < 4.78 is 8.49. The Kier molecular flexibility index (Phi) is 6.43. The summed E-state index contributed by atoms with van der Waals surface area (Å²) in [7, 11) is 0. The zero-order valence-corrected chi connectivity index (χ0v) is 17.1. The summed E-state index contributed by atoms with van der Waals surface area (Å²) in [5.41, 5.74) is 0.858. The maximum atomic E-state index is 13.1. The second-order valence-corrected chi connectivity index (χ2v) is 7.30. The van der Waals surface area contributed by atoms with Gasteiger partial charge in [-0.25, -0.2) is 4.98 Å². The Morgan fingerprint density at radius 2 is 2.14 bits per heavy atom. The standard InChI is InChI=1S/C21H27N5O3/c1-4-29-11-7-10-26-18(22)15(20(27)23-13-14(2)3)12-16-19(26)24-17-8-5-6-9-25(17)21(16)28/h5-6,8-9,12,14,22H,4,7,10-11,13H2,1-3H3,(H,23,27). The predicted molar refractivity (Wildman–Crippen MR) is 111 cm³/mol. The molecule has 154 valence electrons. The fourth-order valence-electron chi connectivity index (χ4n) is 3.14. The average molecular weight is 397 g/mol. The van der Waals surface area contributed by atoms with Crippen LogP contribution in [0.3, 0.4) is 0 Å². The molecule has 0 atom stereocenters. The lowest BCUT2D eigenvalue weighted by molar-refractivity contribution is 0.0946. The van der Waals surface area contributed by atoms with Gasteiger partial charge in [0, 0.05) is 32.5 Å². The first kappa shape index (κ1) is 20.7. The highest BCUT2D eigenvalue weighted by Crippen LogP contribution is 2.11. The SMILES string of the molecule is CCOCCCn1c(=N)c(C(=O)NCC(C)C)cc2c(=O)n3ccccc3nc21. The number of nitrogens with one attached hydrogen (secondary N) is 2. The minimum absolute atomic E-state index is 0.0439. The molecule has 3 rings (SSSR count). The summed E-state index contributed by atoms with van der Waals surface area (Å²) in [5.74, 6) is -0.0788. The third-order valence-corrected chi connectivity index (χ3v) is 4.61. The topological polar surface area (TPSA) is 101 Å². The molecule has 29 heavy (non-hydrogen) atoms. The van der Waals surface area contributed by atoms with Crippen molar-refractivity contribution in [3.63, 3.8) is 0 Å². The summed E-state index contributed by atoms with van der Waals surface area (Å²) in [6, 6.07) is 6.80. The van der Waals surface area contributed by atoms with Gasteiger partial charge in [0.25, 0.3) is 11.5 Å². The molecule has 0 aliphatic heterocycles. The number of hydrogen-bond acceptors (Lipinski definition) is 5. The summed E-state index contributed by atoms with van der Waals surface area (Å²) in [6.07, 6.45) is 2.29. The number of ether oxygens (including phenoxy) is 1. The Balaban J connectivity index is 2.19. The summed E-state index contributed by atoms with van der Waals surface area (Å²) in [5, 5.41) is 11.8. The van der Waals surface area contributed by atoms with E-state index in [4.69, 9.17) is 10.1 Å². The summed E-state index contributed by atoms with van der Waals surface area (Å²) >= 11 is 0. The van der Waals surface area contributed by atoms with Crippen molar-refractivity contribution in [3.05, 3.63) is 51.9 Å². The highest BCUT2D eigenvalue weighted by molar-refractivity contribution is 5.96. The highest BCUT2D eigenvalue weighted by Gasteiger charge is 2.17. The summed E-state index contributed by atoms with van der Waals surface area (Å²) in [6.45, 7) is 7.98. The molecule has 0 saturated heterocycles. The monoisotopic (exact) mass is 397 g/mol. The molecule has 0 bridgehead atoms. The molecule has 0 radical (unpaired) electrons. The van der Waals surface area contributed by atoms with E-state index in [2.05, 4.69) is 10.3 Å².